The number of nitrogens with one attached hydrogen (secondary N) is 2. The van der Waals surface area contributed by atoms with Gasteiger partial charge >= 0.3 is 0 Å². The van der Waals surface area contributed by atoms with E-state index in [1.54, 1.807) is 19.1 Å². The number of methoxy groups -OCH3 is 2. The normalized spacial score (nSPS) is 15.7. The maximum absolute atomic E-state index is 13.7. The summed E-state index contributed by atoms with van der Waals surface area (Å²) < 4.78 is 10.6. The minimum absolute atomic E-state index is 0.122. The number of thioether (sulfide) groups is 1. The van der Waals surface area contributed by atoms with E-state index in [9.17, 15) is 9.59 Å². The summed E-state index contributed by atoms with van der Waals surface area (Å²) in [6.07, 6.45) is 3.06. The molecule has 2 aliphatic heterocycles. The van der Waals surface area contributed by atoms with Gasteiger partial charge in [0, 0.05) is 35.6 Å². The molecule has 6 rings (SSSR count). The van der Waals surface area contributed by atoms with Gasteiger partial charge in [0.25, 0.3) is 5.91 Å². The van der Waals surface area contributed by atoms with Gasteiger partial charge in [-0.05, 0) is 47.9 Å². The van der Waals surface area contributed by atoms with Crippen molar-refractivity contribution in [1.82, 2.24) is 15.2 Å². The van der Waals surface area contributed by atoms with Crippen molar-refractivity contribution in [3.05, 3.63) is 89.6 Å². The first-order valence-corrected chi connectivity index (χ1v) is 14.3. The average molecular weight is 568 g/mol. The SMILES string of the molecule is COc1ccc(CCNC(=O)CSC2=Nc3ccccc3C3=N[C@H](Cc4c[nH]c5ccccc45)C(=O)N23)cc1OC. The highest BCUT2D eigenvalue weighted by Crippen LogP contribution is 2.34. The lowest BCUT2D eigenvalue weighted by Gasteiger charge is -2.25. The van der Waals surface area contributed by atoms with Crippen LogP contribution in [0.2, 0.25) is 0 Å². The molecule has 0 bridgehead atoms. The summed E-state index contributed by atoms with van der Waals surface area (Å²) >= 11 is 1.24. The second-order valence-electron chi connectivity index (χ2n) is 9.70. The number of rotatable bonds is 9. The molecule has 208 valence electrons. The van der Waals surface area contributed by atoms with Crippen molar-refractivity contribution in [2.24, 2.45) is 9.98 Å². The van der Waals surface area contributed by atoms with Crippen molar-refractivity contribution in [3.63, 3.8) is 0 Å². The molecule has 3 heterocycles. The van der Waals surface area contributed by atoms with Gasteiger partial charge in [0.2, 0.25) is 5.91 Å². The molecular formula is C31H29N5O4S. The number of aromatic nitrogens is 1. The van der Waals surface area contributed by atoms with Crippen LogP contribution in [0.3, 0.4) is 0 Å². The van der Waals surface area contributed by atoms with Crippen LogP contribution in [0.25, 0.3) is 10.9 Å². The second kappa shape index (κ2) is 11.5. The maximum Gasteiger partial charge on any atom is 0.259 e. The Morgan fingerprint density at radius 1 is 1.05 bits per heavy atom. The molecule has 0 saturated carbocycles. The fraction of sp³-hybridized carbons (Fsp3) is 0.226. The summed E-state index contributed by atoms with van der Waals surface area (Å²) in [6.45, 7) is 0.465. The first-order valence-electron chi connectivity index (χ1n) is 13.3. The number of hydrogen-bond acceptors (Lipinski definition) is 7. The molecule has 0 fully saturated rings. The molecule has 3 aromatic carbocycles. The number of benzene rings is 3. The number of carbonyl (C=O) groups excluding carboxylic acids is 2. The molecule has 0 saturated heterocycles. The van der Waals surface area contributed by atoms with Crippen LogP contribution in [0.15, 0.2) is 82.9 Å². The Morgan fingerprint density at radius 2 is 1.85 bits per heavy atom. The summed E-state index contributed by atoms with van der Waals surface area (Å²) in [4.78, 5) is 40.9. The van der Waals surface area contributed by atoms with E-state index in [2.05, 4.69) is 10.3 Å². The maximum atomic E-state index is 13.7. The molecule has 2 N–H and O–H groups in total. The molecule has 0 unspecified atom stereocenters. The molecule has 41 heavy (non-hydrogen) atoms. The third-order valence-electron chi connectivity index (χ3n) is 7.15. The number of amidine groups is 2. The zero-order chi connectivity index (χ0) is 28.3. The van der Waals surface area contributed by atoms with Gasteiger partial charge in [-0.2, -0.15) is 0 Å². The Hall–Kier alpha value is -4.57. The number of aromatic amines is 1. The Bertz CT molecular complexity index is 1690. The van der Waals surface area contributed by atoms with Gasteiger partial charge in [0.05, 0.1) is 25.7 Å². The smallest absolute Gasteiger partial charge is 0.259 e. The van der Waals surface area contributed by atoms with Crippen LogP contribution in [0.1, 0.15) is 16.7 Å². The number of amides is 2. The molecule has 2 amide bonds. The van der Waals surface area contributed by atoms with E-state index in [1.807, 2.05) is 72.9 Å². The molecule has 4 aromatic rings. The average Bonchev–Trinajstić information content (AvgIpc) is 3.56. The largest absolute Gasteiger partial charge is 0.493 e. The number of carbonyl (C=O) groups is 2. The van der Waals surface area contributed by atoms with Crippen molar-refractivity contribution >= 4 is 51.2 Å². The van der Waals surface area contributed by atoms with Crippen LogP contribution in [-0.2, 0) is 22.4 Å². The van der Waals surface area contributed by atoms with Crippen molar-refractivity contribution in [3.8, 4) is 11.5 Å². The molecule has 0 spiro atoms. The van der Waals surface area contributed by atoms with Crippen molar-refractivity contribution < 1.29 is 19.1 Å². The van der Waals surface area contributed by atoms with Gasteiger partial charge in [-0.15, -0.1) is 0 Å². The van der Waals surface area contributed by atoms with Gasteiger partial charge < -0.3 is 19.8 Å². The lowest BCUT2D eigenvalue weighted by molar-refractivity contribution is -0.124. The number of nitrogens with zero attached hydrogens (tertiary/aromatic N) is 3. The topological polar surface area (TPSA) is 108 Å². The minimum atomic E-state index is -0.573. The van der Waals surface area contributed by atoms with Crippen LogP contribution in [-0.4, -0.2) is 65.3 Å². The number of H-pyrrole nitrogens is 1. The molecule has 0 aliphatic carbocycles. The predicted molar refractivity (Wildman–Crippen MR) is 161 cm³/mol. The number of hydrogen-bond donors (Lipinski definition) is 2. The molecule has 1 aromatic heterocycles. The Balaban J connectivity index is 1.13. The highest BCUT2D eigenvalue weighted by molar-refractivity contribution is 8.14. The quantitative estimate of drug-likeness (QED) is 0.310. The summed E-state index contributed by atoms with van der Waals surface area (Å²) in [5.74, 6) is 1.74. The summed E-state index contributed by atoms with van der Waals surface area (Å²) in [6, 6.07) is 20.8. The fourth-order valence-corrected chi connectivity index (χ4v) is 5.93. The van der Waals surface area contributed by atoms with Crippen LogP contribution < -0.4 is 14.8 Å². The van der Waals surface area contributed by atoms with Crippen LogP contribution in [0, 0.1) is 0 Å². The number of aliphatic imine (C=N–C) groups is 2. The minimum Gasteiger partial charge on any atom is -0.493 e. The molecular weight excluding hydrogens is 538 g/mol. The summed E-state index contributed by atoms with van der Waals surface area (Å²) in [5.41, 5.74) is 4.63. The first-order chi connectivity index (χ1) is 20.1. The van der Waals surface area contributed by atoms with Gasteiger partial charge in [-0.1, -0.05) is 48.2 Å². The van der Waals surface area contributed by atoms with E-state index in [-0.39, 0.29) is 17.6 Å². The van der Waals surface area contributed by atoms with E-state index in [4.69, 9.17) is 19.5 Å². The highest BCUT2D eigenvalue weighted by atomic mass is 32.2. The van der Waals surface area contributed by atoms with Gasteiger partial charge in [-0.3, -0.25) is 14.6 Å². The standard InChI is InChI=1S/C31H29N5O4S/c1-39-26-12-11-19(15-27(26)40-2)13-14-32-28(37)18-41-31-35-24-10-6-4-8-22(24)29-34-25(30(38)36(29)31)16-20-17-33-23-9-5-3-7-21(20)23/h3-12,15,17,25,33H,13-14,16,18H2,1-2H3,(H,32,37)/t25-/m1/s1. The Morgan fingerprint density at radius 3 is 2.71 bits per heavy atom. The first kappa shape index (κ1) is 26.6. The monoisotopic (exact) mass is 567 g/mol. The van der Waals surface area contributed by atoms with Crippen molar-refractivity contribution in [2.75, 3.05) is 26.5 Å². The van der Waals surface area contributed by atoms with E-state index in [0.29, 0.717) is 41.9 Å². The van der Waals surface area contributed by atoms with Crippen molar-refractivity contribution in [2.45, 2.75) is 18.9 Å². The van der Waals surface area contributed by atoms with E-state index < -0.39 is 6.04 Å². The Kier molecular flexibility index (Phi) is 7.47. The zero-order valence-corrected chi connectivity index (χ0v) is 23.5. The van der Waals surface area contributed by atoms with Crippen LogP contribution in [0.5, 0.6) is 11.5 Å². The summed E-state index contributed by atoms with van der Waals surface area (Å²) in [5, 5.41) is 4.50. The lowest BCUT2D eigenvalue weighted by Crippen LogP contribution is -2.42. The molecule has 9 nitrogen and oxygen atoms in total. The molecule has 2 aliphatic rings. The molecule has 10 heteroatoms. The number of para-hydroxylation sites is 2. The van der Waals surface area contributed by atoms with Crippen molar-refractivity contribution in [1.29, 1.82) is 0 Å². The Labute approximate surface area is 241 Å². The van der Waals surface area contributed by atoms with Gasteiger partial charge in [0.1, 0.15) is 11.9 Å². The molecule has 0 radical (unpaired) electrons. The van der Waals surface area contributed by atoms with E-state index in [0.717, 1.165) is 33.3 Å². The van der Waals surface area contributed by atoms with E-state index >= 15 is 0 Å². The fourth-order valence-electron chi connectivity index (χ4n) is 5.10. The van der Waals surface area contributed by atoms with Crippen LogP contribution in [0.4, 0.5) is 5.69 Å². The number of fused-ring (bicyclic) bond motifs is 4. The third kappa shape index (κ3) is 5.30. The van der Waals surface area contributed by atoms with Gasteiger partial charge in [-0.25, -0.2) is 9.89 Å². The van der Waals surface area contributed by atoms with Gasteiger partial charge in [0.15, 0.2) is 16.7 Å². The summed E-state index contributed by atoms with van der Waals surface area (Å²) in [7, 11) is 3.19. The highest BCUT2D eigenvalue weighted by Gasteiger charge is 2.41. The number of ether oxygens (including phenoxy) is 2. The lowest BCUT2D eigenvalue weighted by atomic mass is 10.1. The van der Waals surface area contributed by atoms with E-state index in [1.165, 1.54) is 11.8 Å². The predicted octanol–water partition coefficient (Wildman–Crippen LogP) is 4.48. The van der Waals surface area contributed by atoms with Crippen LogP contribution >= 0.6 is 11.8 Å². The zero-order valence-electron chi connectivity index (χ0n) is 22.7. The third-order valence-corrected chi connectivity index (χ3v) is 8.09. The molecule has 1 atom stereocenters. The second-order valence-corrected chi connectivity index (χ2v) is 10.6.